The maximum Gasteiger partial charge on any atom is 0.321 e. The fraction of sp³-hybridized carbons (Fsp3) is 0.600. The summed E-state index contributed by atoms with van der Waals surface area (Å²) in [7, 11) is 1.66. The van der Waals surface area contributed by atoms with Crippen molar-refractivity contribution in [3.63, 3.8) is 0 Å². The third-order valence-corrected chi connectivity index (χ3v) is 2.46. The summed E-state index contributed by atoms with van der Waals surface area (Å²) in [6, 6.07) is -0.380. The molecule has 0 radical (unpaired) electrons. The van der Waals surface area contributed by atoms with Gasteiger partial charge < -0.3 is 10.4 Å². The molecule has 0 saturated carbocycles. The highest BCUT2D eigenvalue weighted by Gasteiger charge is 2.10. The Morgan fingerprint density at radius 3 is 2.83 bits per heavy atom. The molecule has 1 heterocycles. The smallest absolute Gasteiger partial charge is 0.321 e. The van der Waals surface area contributed by atoms with Gasteiger partial charge in [0.25, 0.3) is 0 Å². The Balaban J connectivity index is 2.18. The Bertz CT molecular complexity index is 417. The Morgan fingerprint density at radius 1 is 1.56 bits per heavy atom. The van der Waals surface area contributed by atoms with Crippen LogP contribution in [0.25, 0.3) is 0 Å². The van der Waals surface area contributed by atoms with Crippen molar-refractivity contribution in [2.24, 2.45) is 13.0 Å². The second-order valence-corrected chi connectivity index (χ2v) is 3.97. The molecule has 0 aromatic carbocycles. The molecule has 0 saturated heterocycles. The molecule has 0 bridgehead atoms. The number of aliphatic carboxylic acids is 1. The minimum atomic E-state index is -0.821. The van der Waals surface area contributed by atoms with Crippen molar-refractivity contribution in [1.82, 2.24) is 20.1 Å². The van der Waals surface area contributed by atoms with Crippen molar-refractivity contribution < 1.29 is 14.7 Å². The minimum Gasteiger partial charge on any atom is -0.481 e. The number of hydrogen-bond donors (Lipinski definition) is 3. The second-order valence-electron chi connectivity index (χ2n) is 3.97. The van der Waals surface area contributed by atoms with Crippen molar-refractivity contribution in [1.29, 1.82) is 0 Å². The molecule has 1 unspecified atom stereocenters. The Kier molecular flexibility index (Phi) is 5.09. The molecule has 18 heavy (non-hydrogen) atoms. The first-order valence-corrected chi connectivity index (χ1v) is 5.62. The van der Waals surface area contributed by atoms with Crippen LogP contribution >= 0.6 is 0 Å². The first-order valence-electron chi connectivity index (χ1n) is 5.62. The van der Waals surface area contributed by atoms with Gasteiger partial charge in [0.15, 0.2) is 0 Å². The maximum atomic E-state index is 11.4. The lowest BCUT2D eigenvalue weighted by Crippen LogP contribution is -2.31. The molecule has 8 nitrogen and oxygen atoms in total. The Hall–Kier alpha value is -2.12. The van der Waals surface area contributed by atoms with E-state index >= 15 is 0 Å². The quantitative estimate of drug-likeness (QED) is 0.639. The van der Waals surface area contributed by atoms with E-state index in [1.54, 1.807) is 14.0 Å². The van der Waals surface area contributed by atoms with Crippen LogP contribution in [0.4, 0.5) is 10.7 Å². The molecule has 0 fully saturated rings. The Morgan fingerprint density at radius 2 is 2.28 bits per heavy atom. The number of hydrogen-bond acceptors (Lipinski definition) is 4. The van der Waals surface area contributed by atoms with Gasteiger partial charge in [-0.15, -0.1) is 0 Å². The van der Waals surface area contributed by atoms with Gasteiger partial charge in [-0.1, -0.05) is 6.92 Å². The summed E-state index contributed by atoms with van der Waals surface area (Å²) < 4.78 is 1.44. The number of rotatable bonds is 6. The standard InChI is InChI=1S/C10H17N5O3/c1-7(8(16)17)4-3-5-11-10(18)14-9-12-6-13-15(9)2/h6-7H,3-5H2,1-2H3,(H,16,17)(H2,11,12,13,14,18). The zero-order valence-corrected chi connectivity index (χ0v) is 10.4. The lowest BCUT2D eigenvalue weighted by atomic mass is 10.1. The number of aryl methyl sites for hydroxylation is 1. The number of nitrogens with one attached hydrogen (secondary N) is 2. The van der Waals surface area contributed by atoms with E-state index in [4.69, 9.17) is 5.11 Å². The molecule has 0 aliphatic heterocycles. The summed E-state index contributed by atoms with van der Waals surface area (Å²) in [5.41, 5.74) is 0. The summed E-state index contributed by atoms with van der Waals surface area (Å²) in [5.74, 6) is -0.862. The van der Waals surface area contributed by atoms with Gasteiger partial charge >= 0.3 is 12.0 Å². The summed E-state index contributed by atoms with van der Waals surface area (Å²) in [6.07, 6.45) is 2.48. The number of carboxylic acid groups (broad SMARTS) is 1. The van der Waals surface area contributed by atoms with Crippen LogP contribution in [-0.2, 0) is 11.8 Å². The molecule has 1 rings (SSSR count). The molecular weight excluding hydrogens is 238 g/mol. The lowest BCUT2D eigenvalue weighted by molar-refractivity contribution is -0.141. The van der Waals surface area contributed by atoms with E-state index in [-0.39, 0.29) is 6.03 Å². The topological polar surface area (TPSA) is 109 Å². The van der Waals surface area contributed by atoms with Gasteiger partial charge in [0.05, 0.1) is 5.92 Å². The first kappa shape index (κ1) is 13.9. The highest BCUT2D eigenvalue weighted by atomic mass is 16.4. The van der Waals surface area contributed by atoms with Crippen LogP contribution in [0.15, 0.2) is 6.33 Å². The largest absolute Gasteiger partial charge is 0.481 e. The summed E-state index contributed by atoms with van der Waals surface area (Å²) in [4.78, 5) is 25.8. The second kappa shape index (κ2) is 6.58. The molecule has 8 heteroatoms. The molecule has 100 valence electrons. The number of nitrogens with zero attached hydrogens (tertiary/aromatic N) is 3. The van der Waals surface area contributed by atoms with Crippen molar-refractivity contribution in [2.75, 3.05) is 11.9 Å². The van der Waals surface area contributed by atoms with E-state index in [9.17, 15) is 9.59 Å². The SMILES string of the molecule is CC(CCCNC(=O)Nc1ncnn1C)C(=O)O. The average Bonchev–Trinajstić information content (AvgIpc) is 2.70. The van der Waals surface area contributed by atoms with Gasteiger partial charge in [-0.25, -0.2) is 9.48 Å². The van der Waals surface area contributed by atoms with Crippen LogP contribution in [-0.4, -0.2) is 38.4 Å². The molecule has 2 amide bonds. The molecular formula is C10H17N5O3. The highest BCUT2D eigenvalue weighted by molar-refractivity contribution is 5.87. The van der Waals surface area contributed by atoms with Crippen LogP contribution in [0, 0.1) is 5.92 Å². The molecule has 1 aromatic rings. The number of carbonyl (C=O) groups is 2. The molecule has 0 aliphatic rings. The predicted molar refractivity (Wildman–Crippen MR) is 64.1 cm³/mol. The van der Waals surface area contributed by atoms with Gasteiger partial charge in [0, 0.05) is 13.6 Å². The van der Waals surface area contributed by atoms with Crippen LogP contribution in [0.2, 0.25) is 0 Å². The fourth-order valence-electron chi connectivity index (χ4n) is 1.29. The lowest BCUT2D eigenvalue weighted by Gasteiger charge is -2.08. The summed E-state index contributed by atoms with van der Waals surface area (Å²) in [6.45, 7) is 2.06. The van der Waals surface area contributed by atoms with Gasteiger partial charge in [0.2, 0.25) is 5.95 Å². The monoisotopic (exact) mass is 255 g/mol. The highest BCUT2D eigenvalue weighted by Crippen LogP contribution is 2.04. The Labute approximate surface area is 104 Å². The predicted octanol–water partition coefficient (Wildman–Crippen LogP) is 0.437. The maximum absolute atomic E-state index is 11.4. The zero-order chi connectivity index (χ0) is 13.5. The zero-order valence-electron chi connectivity index (χ0n) is 10.4. The number of amides is 2. The first-order chi connectivity index (χ1) is 8.50. The van der Waals surface area contributed by atoms with E-state index in [1.165, 1.54) is 11.0 Å². The van der Waals surface area contributed by atoms with Crippen molar-refractivity contribution in [3.05, 3.63) is 6.33 Å². The van der Waals surface area contributed by atoms with Gasteiger partial charge in [-0.05, 0) is 12.8 Å². The third-order valence-electron chi connectivity index (χ3n) is 2.46. The van der Waals surface area contributed by atoms with E-state index in [1.807, 2.05) is 0 Å². The van der Waals surface area contributed by atoms with Gasteiger partial charge in [-0.2, -0.15) is 10.1 Å². The van der Waals surface area contributed by atoms with Crippen LogP contribution in [0.1, 0.15) is 19.8 Å². The average molecular weight is 255 g/mol. The van der Waals surface area contributed by atoms with Crippen molar-refractivity contribution in [2.45, 2.75) is 19.8 Å². The summed E-state index contributed by atoms with van der Waals surface area (Å²) >= 11 is 0. The fourth-order valence-corrected chi connectivity index (χ4v) is 1.29. The molecule has 0 aliphatic carbocycles. The molecule has 0 spiro atoms. The van der Waals surface area contributed by atoms with E-state index in [0.717, 1.165) is 0 Å². The van der Waals surface area contributed by atoms with Crippen LogP contribution in [0.5, 0.6) is 0 Å². The number of urea groups is 1. The van der Waals surface area contributed by atoms with Crippen molar-refractivity contribution >= 4 is 17.9 Å². The van der Waals surface area contributed by atoms with E-state index in [2.05, 4.69) is 20.7 Å². The normalized spacial score (nSPS) is 11.9. The number of carbonyl (C=O) groups excluding carboxylic acids is 1. The molecule has 3 N–H and O–H groups in total. The number of aromatic nitrogens is 3. The van der Waals surface area contributed by atoms with Gasteiger partial charge in [-0.3, -0.25) is 10.1 Å². The number of anilines is 1. The van der Waals surface area contributed by atoms with E-state index in [0.29, 0.717) is 25.3 Å². The molecule has 1 atom stereocenters. The number of carboxylic acids is 1. The minimum absolute atomic E-state index is 0.353. The third kappa shape index (κ3) is 4.40. The van der Waals surface area contributed by atoms with Gasteiger partial charge in [0.1, 0.15) is 6.33 Å². The van der Waals surface area contributed by atoms with Crippen molar-refractivity contribution in [3.8, 4) is 0 Å². The van der Waals surface area contributed by atoms with Crippen LogP contribution in [0.3, 0.4) is 0 Å². The molecule has 1 aromatic heterocycles. The van der Waals surface area contributed by atoms with Crippen LogP contribution < -0.4 is 10.6 Å². The van der Waals surface area contributed by atoms with E-state index < -0.39 is 11.9 Å². The summed E-state index contributed by atoms with van der Waals surface area (Å²) in [5, 5.41) is 17.6.